The van der Waals surface area contributed by atoms with Crippen molar-refractivity contribution in [3.63, 3.8) is 0 Å². The Hall–Kier alpha value is -2.84. The van der Waals surface area contributed by atoms with Gasteiger partial charge in [0.1, 0.15) is 4.32 Å². The molecule has 168 valence electrons. The fourth-order valence-electron chi connectivity index (χ4n) is 3.35. The van der Waals surface area contributed by atoms with E-state index < -0.39 is 0 Å². The summed E-state index contributed by atoms with van der Waals surface area (Å²) in [5.74, 6) is 0.994. The SMILES string of the molecule is CCc1ccccc1NC(=O)CCCN1C(=O)/C(=C/c2ccc(OC)c(OC)c2)SC1=S. The van der Waals surface area contributed by atoms with Crippen molar-refractivity contribution in [3.05, 3.63) is 58.5 Å². The third kappa shape index (κ3) is 5.69. The van der Waals surface area contributed by atoms with Crippen molar-refractivity contribution in [1.29, 1.82) is 0 Å². The summed E-state index contributed by atoms with van der Waals surface area (Å²) in [5.41, 5.74) is 2.75. The highest BCUT2D eigenvalue weighted by Gasteiger charge is 2.31. The number of nitrogens with zero attached hydrogens (tertiary/aromatic N) is 1. The summed E-state index contributed by atoms with van der Waals surface area (Å²) >= 11 is 6.66. The highest BCUT2D eigenvalue weighted by atomic mass is 32.2. The lowest BCUT2D eigenvalue weighted by atomic mass is 10.1. The fourth-order valence-corrected chi connectivity index (χ4v) is 4.66. The minimum atomic E-state index is -0.147. The average molecular weight is 471 g/mol. The number of anilines is 1. The third-order valence-electron chi connectivity index (χ3n) is 5.04. The Morgan fingerprint density at radius 3 is 2.62 bits per heavy atom. The van der Waals surface area contributed by atoms with E-state index in [2.05, 4.69) is 12.2 Å². The Morgan fingerprint density at radius 2 is 1.91 bits per heavy atom. The summed E-state index contributed by atoms with van der Waals surface area (Å²) in [7, 11) is 3.14. The Balaban J connectivity index is 1.58. The van der Waals surface area contributed by atoms with Crippen LogP contribution in [0.25, 0.3) is 6.08 Å². The molecule has 32 heavy (non-hydrogen) atoms. The summed E-state index contributed by atoms with van der Waals surface area (Å²) in [6.07, 6.45) is 3.47. The van der Waals surface area contributed by atoms with Gasteiger partial charge in [-0.15, -0.1) is 0 Å². The molecule has 1 fully saturated rings. The van der Waals surface area contributed by atoms with Crippen LogP contribution in [0.4, 0.5) is 5.69 Å². The number of aryl methyl sites for hydroxylation is 1. The van der Waals surface area contributed by atoms with Gasteiger partial charge >= 0.3 is 0 Å². The smallest absolute Gasteiger partial charge is 0.266 e. The van der Waals surface area contributed by atoms with E-state index in [4.69, 9.17) is 21.7 Å². The molecule has 1 N–H and O–H groups in total. The summed E-state index contributed by atoms with van der Waals surface area (Å²) in [5, 5.41) is 2.96. The molecule has 0 unspecified atom stereocenters. The van der Waals surface area contributed by atoms with Crippen LogP contribution in [-0.2, 0) is 16.0 Å². The van der Waals surface area contributed by atoms with Crippen LogP contribution in [0, 0.1) is 0 Å². The van der Waals surface area contributed by atoms with E-state index in [9.17, 15) is 9.59 Å². The first kappa shape index (κ1) is 23.8. The molecule has 2 amide bonds. The number of carbonyl (C=O) groups excluding carboxylic acids is 2. The maximum Gasteiger partial charge on any atom is 0.266 e. The first-order chi connectivity index (χ1) is 15.5. The zero-order chi connectivity index (χ0) is 23.1. The van der Waals surface area contributed by atoms with Crippen LogP contribution in [0.2, 0.25) is 0 Å². The van der Waals surface area contributed by atoms with Gasteiger partial charge in [-0.3, -0.25) is 14.5 Å². The average Bonchev–Trinajstić information content (AvgIpc) is 3.06. The predicted molar refractivity (Wildman–Crippen MR) is 133 cm³/mol. The van der Waals surface area contributed by atoms with Crippen molar-refractivity contribution >= 4 is 51.9 Å². The molecule has 1 heterocycles. The molecule has 2 aromatic rings. The van der Waals surface area contributed by atoms with Gasteiger partial charge in [0.15, 0.2) is 11.5 Å². The van der Waals surface area contributed by atoms with E-state index in [0.717, 1.165) is 23.2 Å². The number of thioether (sulfide) groups is 1. The van der Waals surface area contributed by atoms with Gasteiger partial charge < -0.3 is 14.8 Å². The second-order valence-corrected chi connectivity index (χ2v) is 8.79. The molecule has 6 nitrogen and oxygen atoms in total. The van der Waals surface area contributed by atoms with Gasteiger partial charge in [-0.1, -0.05) is 55.2 Å². The molecule has 1 saturated heterocycles. The lowest BCUT2D eigenvalue weighted by Gasteiger charge is -2.14. The molecule has 0 aliphatic carbocycles. The molecule has 3 rings (SSSR count). The molecular weight excluding hydrogens is 444 g/mol. The van der Waals surface area contributed by atoms with Crippen molar-refractivity contribution in [3.8, 4) is 11.5 Å². The van der Waals surface area contributed by atoms with Crippen LogP contribution < -0.4 is 14.8 Å². The molecule has 1 aliphatic heterocycles. The Morgan fingerprint density at radius 1 is 1.16 bits per heavy atom. The molecule has 0 atom stereocenters. The second-order valence-electron chi connectivity index (χ2n) is 7.11. The molecule has 8 heteroatoms. The summed E-state index contributed by atoms with van der Waals surface area (Å²) in [6.45, 7) is 2.45. The predicted octanol–water partition coefficient (Wildman–Crippen LogP) is 4.89. The van der Waals surface area contributed by atoms with E-state index in [-0.39, 0.29) is 11.8 Å². The number of benzene rings is 2. The number of ether oxygens (including phenoxy) is 2. The lowest BCUT2D eigenvalue weighted by molar-refractivity contribution is -0.122. The van der Waals surface area contributed by atoms with Crippen molar-refractivity contribution in [2.24, 2.45) is 0 Å². The van der Waals surface area contributed by atoms with E-state index in [1.165, 1.54) is 11.8 Å². The van der Waals surface area contributed by atoms with Crippen molar-refractivity contribution in [1.82, 2.24) is 4.90 Å². The first-order valence-corrected chi connectivity index (χ1v) is 11.5. The van der Waals surface area contributed by atoms with Gasteiger partial charge in [-0.2, -0.15) is 0 Å². The zero-order valence-electron chi connectivity index (χ0n) is 18.3. The van der Waals surface area contributed by atoms with Crippen molar-refractivity contribution in [2.45, 2.75) is 26.2 Å². The summed E-state index contributed by atoms with van der Waals surface area (Å²) in [6, 6.07) is 13.2. The number of thiocarbonyl (C=S) groups is 1. The van der Waals surface area contributed by atoms with Crippen LogP contribution in [0.3, 0.4) is 0 Å². The molecule has 0 bridgehead atoms. The van der Waals surface area contributed by atoms with Gasteiger partial charge in [0.05, 0.1) is 19.1 Å². The number of rotatable bonds is 9. The number of amides is 2. The summed E-state index contributed by atoms with van der Waals surface area (Å²) in [4.78, 5) is 27.3. The topological polar surface area (TPSA) is 67.9 Å². The Kier molecular flexibility index (Phi) is 8.30. The number of hydrogen-bond donors (Lipinski definition) is 1. The maximum absolute atomic E-state index is 12.8. The van der Waals surface area contributed by atoms with Crippen LogP contribution in [0.1, 0.15) is 30.9 Å². The molecule has 0 saturated carbocycles. The van der Waals surface area contributed by atoms with E-state index >= 15 is 0 Å². The van der Waals surface area contributed by atoms with Gasteiger partial charge in [-0.05, 0) is 48.2 Å². The van der Waals surface area contributed by atoms with E-state index in [1.807, 2.05) is 36.4 Å². The molecule has 2 aromatic carbocycles. The zero-order valence-corrected chi connectivity index (χ0v) is 20.0. The molecule has 0 spiro atoms. The van der Waals surface area contributed by atoms with Gasteiger partial charge in [0, 0.05) is 18.7 Å². The van der Waals surface area contributed by atoms with Crippen LogP contribution in [0.15, 0.2) is 47.4 Å². The van der Waals surface area contributed by atoms with Crippen molar-refractivity contribution in [2.75, 3.05) is 26.1 Å². The standard InChI is InChI=1S/C24H26N2O4S2/c1-4-17-8-5-6-9-18(17)25-22(27)10-7-13-26-23(28)21(32-24(26)31)15-16-11-12-19(29-2)20(14-16)30-3/h5-6,8-9,11-12,14-15H,4,7,10,13H2,1-3H3,(H,25,27)/b21-15-. The van der Waals surface area contributed by atoms with Crippen molar-refractivity contribution < 1.29 is 19.1 Å². The fraction of sp³-hybridized carbons (Fsp3) is 0.292. The van der Waals surface area contributed by atoms with E-state index in [1.54, 1.807) is 31.3 Å². The third-order valence-corrected chi connectivity index (χ3v) is 6.41. The number of nitrogens with one attached hydrogen (secondary N) is 1. The lowest BCUT2D eigenvalue weighted by Crippen LogP contribution is -2.29. The van der Waals surface area contributed by atoms with Crippen LogP contribution in [0.5, 0.6) is 11.5 Å². The van der Waals surface area contributed by atoms with Gasteiger partial charge in [-0.25, -0.2) is 0 Å². The number of carbonyl (C=O) groups is 2. The number of hydrogen-bond acceptors (Lipinski definition) is 6. The second kappa shape index (κ2) is 11.2. The maximum atomic E-state index is 12.8. The minimum absolute atomic E-state index is 0.0720. The number of methoxy groups -OCH3 is 2. The molecule has 1 aliphatic rings. The van der Waals surface area contributed by atoms with Gasteiger partial charge in [0.25, 0.3) is 5.91 Å². The first-order valence-electron chi connectivity index (χ1n) is 10.3. The monoisotopic (exact) mass is 470 g/mol. The quantitative estimate of drug-likeness (QED) is 0.416. The Labute approximate surface area is 198 Å². The molecule has 0 aromatic heterocycles. The highest BCUT2D eigenvalue weighted by Crippen LogP contribution is 2.34. The minimum Gasteiger partial charge on any atom is -0.493 e. The summed E-state index contributed by atoms with van der Waals surface area (Å²) < 4.78 is 11.1. The molecular formula is C24H26N2O4S2. The van der Waals surface area contributed by atoms with Crippen LogP contribution >= 0.6 is 24.0 Å². The normalized spacial score (nSPS) is 14.7. The Bertz CT molecular complexity index is 1050. The highest BCUT2D eigenvalue weighted by molar-refractivity contribution is 8.26. The molecule has 0 radical (unpaired) electrons. The largest absolute Gasteiger partial charge is 0.493 e. The number of para-hydroxylation sites is 1. The van der Waals surface area contributed by atoms with E-state index in [0.29, 0.717) is 40.1 Å². The van der Waals surface area contributed by atoms with Crippen LogP contribution in [-0.4, -0.2) is 41.8 Å². The van der Waals surface area contributed by atoms with Gasteiger partial charge in [0.2, 0.25) is 5.91 Å².